The Bertz CT molecular complexity index is 1200. The van der Waals surface area contributed by atoms with Crippen molar-refractivity contribution >= 4 is 33.1 Å². The molecule has 2 N–H and O–H groups in total. The summed E-state index contributed by atoms with van der Waals surface area (Å²) in [6.45, 7) is 1.96. The number of carboxylic acid groups (broad SMARTS) is 1. The van der Waals surface area contributed by atoms with E-state index in [1.54, 1.807) is 18.2 Å². The lowest BCUT2D eigenvalue weighted by Gasteiger charge is -2.21. The molecule has 0 aliphatic carbocycles. The number of sulfonamides is 1. The number of hydrogen-bond acceptors (Lipinski definition) is 5. The Morgan fingerprint density at radius 1 is 1.06 bits per heavy atom. The summed E-state index contributed by atoms with van der Waals surface area (Å²) < 4.78 is 34.0. The minimum atomic E-state index is -4.18. The molecule has 0 aromatic heterocycles. The van der Waals surface area contributed by atoms with E-state index in [0.717, 1.165) is 16.3 Å². The second-order valence-corrected chi connectivity index (χ2v) is 9.08. The minimum Gasteiger partial charge on any atom is -0.489 e. The predicted molar refractivity (Wildman–Crippen MR) is 121 cm³/mol. The van der Waals surface area contributed by atoms with E-state index >= 15 is 0 Å². The van der Waals surface area contributed by atoms with Crippen molar-refractivity contribution in [3.8, 4) is 5.75 Å². The van der Waals surface area contributed by atoms with Gasteiger partial charge in [0, 0.05) is 6.42 Å². The Hall–Kier alpha value is -3.23. The van der Waals surface area contributed by atoms with Gasteiger partial charge >= 0.3 is 5.97 Å². The molecule has 0 saturated heterocycles. The normalized spacial score (nSPS) is 13.4. The second-order valence-electron chi connectivity index (χ2n) is 7.40. The highest BCUT2D eigenvalue weighted by Crippen LogP contribution is 2.27. The van der Waals surface area contributed by atoms with Crippen LogP contribution in [0.2, 0.25) is 0 Å². The van der Waals surface area contributed by atoms with Gasteiger partial charge < -0.3 is 14.6 Å². The molecular weight excluding hydrogens is 430 g/mol. The monoisotopic (exact) mass is 455 g/mol. The molecule has 8 heteroatoms. The molecule has 32 heavy (non-hydrogen) atoms. The number of hydrogen-bond donors (Lipinski definition) is 2. The molecule has 0 bridgehead atoms. The van der Waals surface area contributed by atoms with Crippen molar-refractivity contribution in [3.63, 3.8) is 0 Å². The number of rotatable bonds is 11. The molecule has 3 aromatic rings. The van der Waals surface area contributed by atoms with Gasteiger partial charge in [-0.2, -0.15) is 0 Å². The molecule has 0 radical (unpaired) electrons. The smallest absolute Gasteiger partial charge is 0.305 e. The van der Waals surface area contributed by atoms with E-state index in [-0.39, 0.29) is 23.0 Å². The summed E-state index contributed by atoms with van der Waals surface area (Å²) in [5, 5.41) is 11.1. The number of aldehydes is 1. The predicted octanol–water partition coefficient (Wildman–Crippen LogP) is 3.56. The van der Waals surface area contributed by atoms with Gasteiger partial charge in [-0.1, -0.05) is 61.5 Å². The van der Waals surface area contributed by atoms with Crippen molar-refractivity contribution in [2.75, 3.05) is 0 Å². The summed E-state index contributed by atoms with van der Waals surface area (Å²) in [5.74, 6) is -1.14. The van der Waals surface area contributed by atoms with Crippen LogP contribution in [0.5, 0.6) is 5.75 Å². The van der Waals surface area contributed by atoms with Crippen LogP contribution in [0.4, 0.5) is 0 Å². The first kappa shape index (κ1) is 23.4. The van der Waals surface area contributed by atoms with E-state index in [1.165, 1.54) is 6.07 Å². The Kier molecular flexibility index (Phi) is 7.61. The molecule has 0 aliphatic rings. The molecule has 2 atom stereocenters. The first-order valence-corrected chi connectivity index (χ1v) is 11.7. The number of carboxylic acids is 1. The molecular formula is C24H25NO6S. The van der Waals surface area contributed by atoms with Gasteiger partial charge in [-0.15, -0.1) is 0 Å². The summed E-state index contributed by atoms with van der Waals surface area (Å²) in [4.78, 5) is 21.9. The SMILES string of the molecule is CCC(Cc1cccc2ccccc12)Oc1ccccc1S(=O)(=O)NC(C=O)CC(=O)O. The Balaban J connectivity index is 1.85. The summed E-state index contributed by atoms with van der Waals surface area (Å²) in [7, 11) is -4.18. The molecule has 0 heterocycles. The van der Waals surface area contributed by atoms with Crippen molar-refractivity contribution in [1.29, 1.82) is 0 Å². The minimum absolute atomic E-state index is 0.145. The van der Waals surface area contributed by atoms with Gasteiger partial charge in [-0.05, 0) is 34.9 Å². The van der Waals surface area contributed by atoms with Gasteiger partial charge in [0.15, 0.2) is 0 Å². The molecule has 0 fully saturated rings. The third-order valence-corrected chi connectivity index (χ3v) is 6.61. The third kappa shape index (κ3) is 5.72. The van der Waals surface area contributed by atoms with Crippen LogP contribution in [-0.4, -0.2) is 37.9 Å². The van der Waals surface area contributed by atoms with Crippen LogP contribution in [0.1, 0.15) is 25.3 Å². The summed E-state index contributed by atoms with van der Waals surface area (Å²) in [6.07, 6.45) is 0.545. The highest BCUT2D eigenvalue weighted by molar-refractivity contribution is 7.89. The standard InChI is InChI=1S/C24H25NO6S/c1-2-20(14-18-10-7-9-17-8-3-4-11-21(17)18)31-22-12-5-6-13-23(22)32(29,30)25-19(16-26)15-24(27)28/h3-13,16,19-20,25H,2,14-15H2,1H3,(H,27,28). The Labute approximate surface area is 187 Å². The average molecular weight is 456 g/mol. The fourth-order valence-corrected chi connectivity index (χ4v) is 4.81. The number of nitrogens with one attached hydrogen (secondary N) is 1. The molecule has 168 valence electrons. The quantitative estimate of drug-likeness (QED) is 0.428. The lowest BCUT2D eigenvalue weighted by molar-refractivity contribution is -0.138. The van der Waals surface area contributed by atoms with E-state index in [4.69, 9.17) is 9.84 Å². The van der Waals surface area contributed by atoms with Crippen LogP contribution in [-0.2, 0) is 26.0 Å². The summed E-state index contributed by atoms with van der Waals surface area (Å²) >= 11 is 0. The van der Waals surface area contributed by atoms with Crippen molar-refractivity contribution in [3.05, 3.63) is 72.3 Å². The van der Waals surface area contributed by atoms with E-state index in [9.17, 15) is 18.0 Å². The molecule has 7 nitrogen and oxygen atoms in total. The van der Waals surface area contributed by atoms with Crippen molar-refractivity contribution < 1.29 is 27.9 Å². The van der Waals surface area contributed by atoms with Crippen molar-refractivity contribution in [2.45, 2.75) is 43.2 Å². The fraction of sp³-hybridized carbons (Fsp3) is 0.250. The maximum absolute atomic E-state index is 12.9. The van der Waals surface area contributed by atoms with Crippen LogP contribution in [0.15, 0.2) is 71.6 Å². The number of carbonyl (C=O) groups excluding carboxylic acids is 1. The molecule has 0 saturated carbocycles. The number of aliphatic carboxylic acids is 1. The van der Waals surface area contributed by atoms with Crippen molar-refractivity contribution in [2.24, 2.45) is 0 Å². The maximum Gasteiger partial charge on any atom is 0.305 e. The van der Waals surface area contributed by atoms with Gasteiger partial charge in [0.05, 0.1) is 12.5 Å². The number of benzene rings is 3. The zero-order valence-corrected chi connectivity index (χ0v) is 18.4. The van der Waals surface area contributed by atoms with E-state index in [0.29, 0.717) is 12.8 Å². The zero-order valence-electron chi connectivity index (χ0n) is 17.6. The van der Waals surface area contributed by atoms with Gasteiger partial charge in [-0.25, -0.2) is 13.1 Å². The number of carbonyl (C=O) groups is 2. The largest absolute Gasteiger partial charge is 0.489 e. The average Bonchev–Trinajstić information content (AvgIpc) is 2.78. The Morgan fingerprint density at radius 3 is 2.47 bits per heavy atom. The number of para-hydroxylation sites is 1. The molecule has 2 unspecified atom stereocenters. The highest BCUT2D eigenvalue weighted by atomic mass is 32.2. The summed E-state index contributed by atoms with van der Waals surface area (Å²) in [5.41, 5.74) is 1.09. The van der Waals surface area contributed by atoms with E-state index < -0.39 is 28.5 Å². The first-order chi connectivity index (χ1) is 15.3. The highest BCUT2D eigenvalue weighted by Gasteiger charge is 2.26. The topological polar surface area (TPSA) is 110 Å². The van der Waals surface area contributed by atoms with Crippen LogP contribution in [0.3, 0.4) is 0 Å². The number of ether oxygens (including phenoxy) is 1. The maximum atomic E-state index is 12.9. The molecule has 3 rings (SSSR count). The zero-order chi connectivity index (χ0) is 23.1. The van der Waals surface area contributed by atoms with Gasteiger partial charge in [0.1, 0.15) is 23.0 Å². The molecule has 0 spiro atoms. The molecule has 0 aliphatic heterocycles. The third-order valence-electron chi connectivity index (χ3n) is 5.08. The number of fused-ring (bicyclic) bond motifs is 1. The molecule has 3 aromatic carbocycles. The second kappa shape index (κ2) is 10.4. The first-order valence-electron chi connectivity index (χ1n) is 10.3. The lowest BCUT2D eigenvalue weighted by Crippen LogP contribution is -2.37. The van der Waals surface area contributed by atoms with Crippen LogP contribution in [0, 0.1) is 0 Å². The van der Waals surface area contributed by atoms with E-state index in [1.807, 2.05) is 49.4 Å². The van der Waals surface area contributed by atoms with Crippen LogP contribution < -0.4 is 9.46 Å². The van der Waals surface area contributed by atoms with Gasteiger partial charge in [0.25, 0.3) is 0 Å². The lowest BCUT2D eigenvalue weighted by atomic mass is 9.99. The molecule has 0 amide bonds. The van der Waals surface area contributed by atoms with Crippen molar-refractivity contribution in [1.82, 2.24) is 4.72 Å². The summed E-state index contributed by atoms with van der Waals surface area (Å²) in [6, 6.07) is 18.8. The van der Waals surface area contributed by atoms with E-state index in [2.05, 4.69) is 4.72 Å². The van der Waals surface area contributed by atoms with Gasteiger partial charge in [0.2, 0.25) is 10.0 Å². The van der Waals surface area contributed by atoms with Gasteiger partial charge in [-0.3, -0.25) is 4.79 Å². The van der Waals surface area contributed by atoms with Crippen LogP contribution >= 0.6 is 0 Å². The fourth-order valence-electron chi connectivity index (χ4n) is 3.50. The van der Waals surface area contributed by atoms with Crippen LogP contribution in [0.25, 0.3) is 10.8 Å². The Morgan fingerprint density at radius 2 is 1.75 bits per heavy atom.